The topological polar surface area (TPSA) is 64.3 Å². The van der Waals surface area contributed by atoms with Gasteiger partial charge in [0.15, 0.2) is 0 Å². The summed E-state index contributed by atoms with van der Waals surface area (Å²) in [6.45, 7) is 3.29. The number of nitrogens with two attached hydrogens (primary N) is 1. The van der Waals surface area contributed by atoms with Gasteiger partial charge in [-0.1, -0.05) is 17.7 Å². The van der Waals surface area contributed by atoms with Crippen LogP contribution in [0.2, 0.25) is 5.02 Å². The number of methoxy groups -OCH3 is 1. The molecule has 0 aliphatic rings. The summed E-state index contributed by atoms with van der Waals surface area (Å²) in [6, 6.07) is 5.30. The Morgan fingerprint density at radius 1 is 1.59 bits per heavy atom. The third kappa shape index (κ3) is 4.34. The molecule has 3 N–H and O–H groups in total. The first-order valence-corrected chi connectivity index (χ1v) is 5.73. The van der Waals surface area contributed by atoms with Gasteiger partial charge >= 0.3 is 0 Å². The minimum atomic E-state index is -0.473. The smallest absolute Gasteiger partial charge is 0.248 e. The van der Waals surface area contributed by atoms with E-state index in [4.69, 9.17) is 22.1 Å². The maximum absolute atomic E-state index is 10.9. The predicted molar refractivity (Wildman–Crippen MR) is 68.1 cm³/mol. The molecule has 1 amide bonds. The number of rotatable bonds is 6. The molecule has 0 saturated heterocycles. The number of hydrogen-bond acceptors (Lipinski definition) is 3. The standard InChI is InChI=1S/C12H17ClN2O2/c1-8(7-17-2)15-6-10-4-3-9(12(14)16)5-11(10)13/h3-5,8,15H,6-7H2,1-2H3,(H2,14,16). The molecule has 0 radical (unpaired) electrons. The molecule has 5 heteroatoms. The highest BCUT2D eigenvalue weighted by Crippen LogP contribution is 2.17. The van der Waals surface area contributed by atoms with Crippen molar-refractivity contribution in [3.63, 3.8) is 0 Å². The molecule has 1 aromatic carbocycles. The lowest BCUT2D eigenvalue weighted by Crippen LogP contribution is -2.29. The highest BCUT2D eigenvalue weighted by atomic mass is 35.5. The molecule has 0 heterocycles. The summed E-state index contributed by atoms with van der Waals surface area (Å²) in [5.74, 6) is -0.473. The van der Waals surface area contributed by atoms with E-state index in [9.17, 15) is 4.79 Å². The van der Waals surface area contributed by atoms with E-state index in [-0.39, 0.29) is 6.04 Å². The van der Waals surface area contributed by atoms with Crippen LogP contribution in [0, 0.1) is 0 Å². The molecule has 0 saturated carbocycles. The summed E-state index contributed by atoms with van der Waals surface area (Å²) < 4.78 is 5.02. The van der Waals surface area contributed by atoms with Crippen LogP contribution in [0.3, 0.4) is 0 Å². The van der Waals surface area contributed by atoms with Crippen molar-refractivity contribution in [2.24, 2.45) is 5.73 Å². The number of hydrogen-bond donors (Lipinski definition) is 2. The summed E-state index contributed by atoms with van der Waals surface area (Å²) in [6.07, 6.45) is 0. The average Bonchev–Trinajstić information content (AvgIpc) is 2.27. The van der Waals surface area contributed by atoms with Crippen molar-refractivity contribution in [3.8, 4) is 0 Å². The third-order valence-corrected chi connectivity index (χ3v) is 2.75. The number of ether oxygens (including phenoxy) is 1. The van der Waals surface area contributed by atoms with Gasteiger partial charge in [-0.3, -0.25) is 4.79 Å². The van der Waals surface area contributed by atoms with Crippen molar-refractivity contribution in [1.82, 2.24) is 5.32 Å². The van der Waals surface area contributed by atoms with Gasteiger partial charge in [0, 0.05) is 30.3 Å². The molecule has 0 bridgehead atoms. The minimum Gasteiger partial charge on any atom is -0.383 e. The normalized spacial score (nSPS) is 12.4. The lowest BCUT2D eigenvalue weighted by molar-refractivity contribution is 0.100. The second-order valence-electron chi connectivity index (χ2n) is 3.91. The van der Waals surface area contributed by atoms with Crippen LogP contribution in [-0.2, 0) is 11.3 Å². The van der Waals surface area contributed by atoms with E-state index in [1.807, 2.05) is 6.92 Å². The highest BCUT2D eigenvalue weighted by Gasteiger charge is 2.07. The van der Waals surface area contributed by atoms with E-state index < -0.39 is 5.91 Å². The summed E-state index contributed by atoms with van der Waals surface area (Å²) in [7, 11) is 1.66. The molecule has 0 aliphatic heterocycles. The maximum Gasteiger partial charge on any atom is 0.248 e. The van der Waals surface area contributed by atoms with Gasteiger partial charge in [-0.15, -0.1) is 0 Å². The van der Waals surface area contributed by atoms with Gasteiger partial charge in [0.05, 0.1) is 6.61 Å². The second kappa shape index (κ2) is 6.59. The molecular formula is C12H17ClN2O2. The molecule has 1 unspecified atom stereocenters. The molecule has 1 aromatic rings. The molecule has 1 rings (SSSR count). The summed E-state index contributed by atoms with van der Waals surface area (Å²) >= 11 is 6.05. The Balaban J connectivity index is 2.63. The molecule has 4 nitrogen and oxygen atoms in total. The number of halogens is 1. The van der Waals surface area contributed by atoms with Crippen LogP contribution in [0.1, 0.15) is 22.8 Å². The van der Waals surface area contributed by atoms with Crippen molar-refractivity contribution in [3.05, 3.63) is 34.3 Å². The molecule has 0 aliphatic carbocycles. The summed E-state index contributed by atoms with van der Waals surface area (Å²) in [4.78, 5) is 10.9. The van der Waals surface area contributed by atoms with Crippen LogP contribution in [0.25, 0.3) is 0 Å². The Morgan fingerprint density at radius 3 is 2.82 bits per heavy atom. The zero-order valence-corrected chi connectivity index (χ0v) is 10.8. The molecule has 17 heavy (non-hydrogen) atoms. The number of carbonyl (C=O) groups excluding carboxylic acids is 1. The Bertz CT molecular complexity index is 396. The van der Waals surface area contributed by atoms with Gasteiger partial charge in [0.1, 0.15) is 0 Å². The minimum absolute atomic E-state index is 0.242. The molecule has 0 aromatic heterocycles. The summed E-state index contributed by atoms with van der Waals surface area (Å²) in [5, 5.41) is 3.80. The summed E-state index contributed by atoms with van der Waals surface area (Å²) in [5.41, 5.74) is 6.52. The predicted octanol–water partition coefficient (Wildman–Crippen LogP) is 1.56. The maximum atomic E-state index is 10.9. The van der Waals surface area contributed by atoms with Crippen LogP contribution >= 0.6 is 11.6 Å². The average molecular weight is 257 g/mol. The van der Waals surface area contributed by atoms with Crippen molar-refractivity contribution in [2.75, 3.05) is 13.7 Å². The molecule has 1 atom stereocenters. The van der Waals surface area contributed by atoms with Gasteiger partial charge in [0.25, 0.3) is 0 Å². The first-order valence-electron chi connectivity index (χ1n) is 5.35. The fourth-order valence-electron chi connectivity index (χ4n) is 1.44. The van der Waals surface area contributed by atoms with E-state index in [1.165, 1.54) is 0 Å². The molecule has 0 spiro atoms. The highest BCUT2D eigenvalue weighted by molar-refractivity contribution is 6.31. The quantitative estimate of drug-likeness (QED) is 0.812. The number of benzene rings is 1. The first kappa shape index (κ1) is 14.0. The molecule has 94 valence electrons. The lowest BCUT2D eigenvalue weighted by atomic mass is 10.1. The number of carbonyl (C=O) groups is 1. The number of primary amides is 1. The van der Waals surface area contributed by atoms with E-state index in [2.05, 4.69) is 5.32 Å². The van der Waals surface area contributed by atoms with Gasteiger partial charge in [-0.2, -0.15) is 0 Å². The monoisotopic (exact) mass is 256 g/mol. The Labute approximate surface area is 106 Å². The van der Waals surface area contributed by atoms with Crippen LogP contribution in [0.15, 0.2) is 18.2 Å². The van der Waals surface area contributed by atoms with Crippen LogP contribution < -0.4 is 11.1 Å². The van der Waals surface area contributed by atoms with Gasteiger partial charge in [-0.25, -0.2) is 0 Å². The molecule has 0 fully saturated rings. The van der Waals surface area contributed by atoms with Crippen LogP contribution in [0.5, 0.6) is 0 Å². The SMILES string of the molecule is COCC(C)NCc1ccc(C(N)=O)cc1Cl. The lowest BCUT2D eigenvalue weighted by Gasteiger charge is -2.13. The fourth-order valence-corrected chi connectivity index (χ4v) is 1.68. The van der Waals surface area contributed by atoms with E-state index in [0.29, 0.717) is 23.7 Å². The fraction of sp³-hybridized carbons (Fsp3) is 0.417. The van der Waals surface area contributed by atoms with E-state index in [1.54, 1.807) is 25.3 Å². The Kier molecular flexibility index (Phi) is 5.41. The number of amides is 1. The largest absolute Gasteiger partial charge is 0.383 e. The van der Waals surface area contributed by atoms with Crippen LogP contribution in [-0.4, -0.2) is 25.7 Å². The third-order valence-electron chi connectivity index (χ3n) is 2.40. The second-order valence-corrected chi connectivity index (χ2v) is 4.31. The van der Waals surface area contributed by atoms with Crippen molar-refractivity contribution < 1.29 is 9.53 Å². The Hall–Kier alpha value is -1.10. The zero-order chi connectivity index (χ0) is 12.8. The zero-order valence-electron chi connectivity index (χ0n) is 10.00. The van der Waals surface area contributed by atoms with Gasteiger partial charge in [0.2, 0.25) is 5.91 Å². The van der Waals surface area contributed by atoms with Crippen LogP contribution in [0.4, 0.5) is 0 Å². The van der Waals surface area contributed by atoms with Crippen molar-refractivity contribution >= 4 is 17.5 Å². The number of nitrogens with one attached hydrogen (secondary N) is 1. The van der Waals surface area contributed by atoms with Gasteiger partial charge in [-0.05, 0) is 24.6 Å². The van der Waals surface area contributed by atoms with Crippen molar-refractivity contribution in [1.29, 1.82) is 0 Å². The van der Waals surface area contributed by atoms with E-state index >= 15 is 0 Å². The Morgan fingerprint density at radius 2 is 2.29 bits per heavy atom. The van der Waals surface area contributed by atoms with Crippen molar-refractivity contribution in [2.45, 2.75) is 19.5 Å². The van der Waals surface area contributed by atoms with Gasteiger partial charge < -0.3 is 15.8 Å². The molecular weight excluding hydrogens is 240 g/mol. The first-order chi connectivity index (χ1) is 8.04. The van der Waals surface area contributed by atoms with E-state index in [0.717, 1.165) is 5.56 Å².